The number of aromatic nitrogens is 3. The quantitative estimate of drug-likeness (QED) is 0.785. The van der Waals surface area contributed by atoms with Gasteiger partial charge in [-0.05, 0) is 5.56 Å². The molecule has 0 saturated heterocycles. The minimum Gasteiger partial charge on any atom is -0.390 e. The van der Waals surface area contributed by atoms with Crippen LogP contribution in [0.2, 0.25) is 0 Å². The van der Waals surface area contributed by atoms with Crippen LogP contribution in [-0.4, -0.2) is 20.1 Å². The maximum absolute atomic E-state index is 8.84. The van der Waals surface area contributed by atoms with E-state index in [-0.39, 0.29) is 6.61 Å². The molecule has 0 unspecified atom stereocenters. The van der Waals surface area contributed by atoms with Gasteiger partial charge in [0.25, 0.3) is 0 Å². The second kappa shape index (κ2) is 4.55. The van der Waals surface area contributed by atoms with Gasteiger partial charge in [0.2, 0.25) is 0 Å². The number of rotatable bonds is 3. The summed E-state index contributed by atoms with van der Waals surface area (Å²) in [6, 6.07) is 7.31. The highest BCUT2D eigenvalue weighted by Crippen LogP contribution is 2.13. The monoisotopic (exact) mass is 214 g/mol. The SMILES string of the molecule is [C-]#[N+]c1ccc(Cn2cc(CO)nn2)cc1. The minimum absolute atomic E-state index is 0.101. The fourth-order valence-electron chi connectivity index (χ4n) is 1.35. The number of benzene rings is 1. The Balaban J connectivity index is 2.11. The third-order valence-corrected chi connectivity index (χ3v) is 2.16. The van der Waals surface area contributed by atoms with Gasteiger partial charge in [-0.2, -0.15) is 0 Å². The second-order valence-corrected chi connectivity index (χ2v) is 3.34. The van der Waals surface area contributed by atoms with Crippen LogP contribution in [-0.2, 0) is 13.2 Å². The van der Waals surface area contributed by atoms with E-state index in [1.165, 1.54) is 0 Å². The second-order valence-electron chi connectivity index (χ2n) is 3.34. The molecule has 0 saturated carbocycles. The number of hydrogen-bond donors (Lipinski definition) is 1. The fourth-order valence-corrected chi connectivity index (χ4v) is 1.35. The van der Waals surface area contributed by atoms with Crippen molar-refractivity contribution >= 4 is 5.69 Å². The first-order valence-electron chi connectivity index (χ1n) is 4.78. The lowest BCUT2D eigenvalue weighted by Crippen LogP contribution is -1.99. The average Bonchev–Trinajstić information content (AvgIpc) is 2.78. The first-order valence-corrected chi connectivity index (χ1v) is 4.78. The van der Waals surface area contributed by atoms with Gasteiger partial charge in [0, 0.05) is 0 Å². The van der Waals surface area contributed by atoms with Crippen molar-refractivity contribution in [1.29, 1.82) is 0 Å². The third-order valence-electron chi connectivity index (χ3n) is 2.16. The summed E-state index contributed by atoms with van der Waals surface area (Å²) in [5.41, 5.74) is 2.22. The lowest BCUT2D eigenvalue weighted by atomic mass is 10.2. The molecule has 5 heteroatoms. The van der Waals surface area contributed by atoms with Gasteiger partial charge in [-0.1, -0.05) is 29.5 Å². The molecule has 0 aliphatic rings. The number of aliphatic hydroxyl groups is 1. The van der Waals surface area contributed by atoms with E-state index in [1.807, 2.05) is 12.1 Å². The van der Waals surface area contributed by atoms with E-state index in [0.717, 1.165) is 5.56 Å². The van der Waals surface area contributed by atoms with Crippen LogP contribution in [0.4, 0.5) is 5.69 Å². The van der Waals surface area contributed by atoms with E-state index in [4.69, 9.17) is 11.7 Å². The highest BCUT2D eigenvalue weighted by Gasteiger charge is 2.00. The molecule has 0 radical (unpaired) electrons. The molecule has 1 heterocycles. The molecule has 0 spiro atoms. The third kappa shape index (κ3) is 2.24. The van der Waals surface area contributed by atoms with Crippen molar-refractivity contribution in [3.05, 3.63) is 53.1 Å². The highest BCUT2D eigenvalue weighted by molar-refractivity contribution is 5.45. The Morgan fingerprint density at radius 1 is 1.31 bits per heavy atom. The van der Waals surface area contributed by atoms with Gasteiger partial charge in [-0.25, -0.2) is 9.53 Å². The van der Waals surface area contributed by atoms with Crippen molar-refractivity contribution in [1.82, 2.24) is 15.0 Å². The van der Waals surface area contributed by atoms with Crippen LogP contribution in [0.1, 0.15) is 11.3 Å². The van der Waals surface area contributed by atoms with Gasteiger partial charge < -0.3 is 5.11 Å². The number of nitrogens with zero attached hydrogens (tertiary/aromatic N) is 4. The molecule has 16 heavy (non-hydrogen) atoms. The molecular formula is C11H10N4O. The van der Waals surface area contributed by atoms with E-state index in [2.05, 4.69) is 15.2 Å². The molecular weight excluding hydrogens is 204 g/mol. The molecule has 0 atom stereocenters. The van der Waals surface area contributed by atoms with E-state index in [1.54, 1.807) is 23.0 Å². The summed E-state index contributed by atoms with van der Waals surface area (Å²) in [6.45, 7) is 7.32. The normalized spacial score (nSPS) is 10.0. The molecule has 1 aromatic carbocycles. The number of hydrogen-bond acceptors (Lipinski definition) is 3. The predicted octanol–water partition coefficient (Wildman–Crippen LogP) is 1.37. The van der Waals surface area contributed by atoms with Crippen LogP contribution in [0.3, 0.4) is 0 Å². The molecule has 0 aliphatic heterocycles. The Bertz CT molecular complexity index is 510. The minimum atomic E-state index is -0.101. The Hall–Kier alpha value is -2.19. The van der Waals surface area contributed by atoms with Crippen LogP contribution < -0.4 is 0 Å². The van der Waals surface area contributed by atoms with Crippen LogP contribution in [0.5, 0.6) is 0 Å². The standard InChI is InChI=1S/C11H10N4O/c1-12-10-4-2-9(3-5-10)6-15-7-11(8-16)13-14-15/h2-5,7,16H,6,8H2. The van der Waals surface area contributed by atoms with Crippen molar-refractivity contribution in [3.63, 3.8) is 0 Å². The van der Waals surface area contributed by atoms with Crippen LogP contribution in [0.25, 0.3) is 4.85 Å². The Kier molecular flexibility index (Phi) is 2.94. The summed E-state index contributed by atoms with van der Waals surface area (Å²) in [6.07, 6.45) is 1.70. The van der Waals surface area contributed by atoms with Gasteiger partial charge in [0.1, 0.15) is 5.69 Å². The van der Waals surface area contributed by atoms with Crippen molar-refractivity contribution < 1.29 is 5.11 Å². The smallest absolute Gasteiger partial charge is 0.187 e. The molecule has 1 N–H and O–H groups in total. The molecule has 0 amide bonds. The van der Waals surface area contributed by atoms with E-state index < -0.39 is 0 Å². The number of aliphatic hydroxyl groups excluding tert-OH is 1. The first-order chi connectivity index (χ1) is 7.81. The van der Waals surface area contributed by atoms with Gasteiger partial charge >= 0.3 is 0 Å². The van der Waals surface area contributed by atoms with Crippen molar-refractivity contribution in [2.24, 2.45) is 0 Å². The average molecular weight is 214 g/mol. The van der Waals surface area contributed by atoms with Crippen molar-refractivity contribution in [3.8, 4) is 0 Å². The molecule has 0 fully saturated rings. The van der Waals surface area contributed by atoms with E-state index in [0.29, 0.717) is 17.9 Å². The zero-order valence-corrected chi connectivity index (χ0v) is 8.54. The first kappa shape index (κ1) is 10.3. The van der Waals surface area contributed by atoms with Crippen molar-refractivity contribution in [2.75, 3.05) is 0 Å². The van der Waals surface area contributed by atoms with Crippen LogP contribution >= 0.6 is 0 Å². The van der Waals surface area contributed by atoms with E-state index >= 15 is 0 Å². The van der Waals surface area contributed by atoms with Crippen LogP contribution in [0, 0.1) is 6.57 Å². The molecule has 80 valence electrons. The van der Waals surface area contributed by atoms with Gasteiger partial charge in [0.15, 0.2) is 5.69 Å². The molecule has 0 bridgehead atoms. The summed E-state index contributed by atoms with van der Waals surface area (Å²) in [5, 5.41) is 16.5. The molecule has 1 aromatic heterocycles. The van der Waals surface area contributed by atoms with Crippen LogP contribution in [0.15, 0.2) is 30.5 Å². The Labute approximate surface area is 92.8 Å². The topological polar surface area (TPSA) is 55.3 Å². The fraction of sp³-hybridized carbons (Fsp3) is 0.182. The Morgan fingerprint density at radius 3 is 2.62 bits per heavy atom. The lowest BCUT2D eigenvalue weighted by molar-refractivity contribution is 0.276. The Morgan fingerprint density at radius 2 is 2.06 bits per heavy atom. The zero-order chi connectivity index (χ0) is 11.4. The summed E-state index contributed by atoms with van der Waals surface area (Å²) in [5.74, 6) is 0. The predicted molar refractivity (Wildman–Crippen MR) is 57.8 cm³/mol. The van der Waals surface area contributed by atoms with Crippen molar-refractivity contribution in [2.45, 2.75) is 13.2 Å². The largest absolute Gasteiger partial charge is 0.390 e. The summed E-state index contributed by atoms with van der Waals surface area (Å²) in [7, 11) is 0. The summed E-state index contributed by atoms with van der Waals surface area (Å²) in [4.78, 5) is 3.32. The summed E-state index contributed by atoms with van der Waals surface area (Å²) >= 11 is 0. The van der Waals surface area contributed by atoms with Gasteiger partial charge in [-0.15, -0.1) is 5.10 Å². The van der Waals surface area contributed by atoms with Gasteiger partial charge in [-0.3, -0.25) is 0 Å². The maximum atomic E-state index is 8.84. The molecule has 0 aliphatic carbocycles. The zero-order valence-electron chi connectivity index (χ0n) is 8.54. The molecule has 2 aromatic rings. The maximum Gasteiger partial charge on any atom is 0.187 e. The highest BCUT2D eigenvalue weighted by atomic mass is 16.3. The molecule has 2 rings (SSSR count). The van der Waals surface area contributed by atoms with Gasteiger partial charge in [0.05, 0.1) is 25.9 Å². The lowest BCUT2D eigenvalue weighted by Gasteiger charge is -2.00. The van der Waals surface area contributed by atoms with E-state index in [9.17, 15) is 0 Å². The molecule has 5 nitrogen and oxygen atoms in total. The summed E-state index contributed by atoms with van der Waals surface area (Å²) < 4.78 is 1.65.